The number of carbonyl (C=O) groups excluding carboxylic acids is 2. The summed E-state index contributed by atoms with van der Waals surface area (Å²) < 4.78 is 26.8. The van der Waals surface area contributed by atoms with Crippen molar-refractivity contribution < 1.29 is 23.5 Å². The highest BCUT2D eigenvalue weighted by atomic mass is 19.1. The number of carbonyl (C=O) groups is 2. The summed E-state index contributed by atoms with van der Waals surface area (Å²) in [6, 6.07) is 9.77. The summed E-state index contributed by atoms with van der Waals surface area (Å²) in [7, 11) is 0. The van der Waals surface area contributed by atoms with Crippen molar-refractivity contribution >= 4 is 11.8 Å². The highest BCUT2D eigenvalue weighted by Gasteiger charge is 2.50. The number of rotatable bonds is 9. The Kier molecular flexibility index (Phi) is 7.23. The third kappa shape index (κ3) is 4.94. The average molecular weight is 482 g/mol. The van der Waals surface area contributed by atoms with Crippen LogP contribution in [0, 0.1) is 12.7 Å². The number of ether oxygens (including phenoxy) is 2. The van der Waals surface area contributed by atoms with Gasteiger partial charge in [-0.2, -0.15) is 5.10 Å². The van der Waals surface area contributed by atoms with Gasteiger partial charge in [-0.3, -0.25) is 9.59 Å². The van der Waals surface area contributed by atoms with Crippen LogP contribution in [0.1, 0.15) is 42.1 Å². The van der Waals surface area contributed by atoms with Crippen LogP contribution in [-0.2, 0) is 14.3 Å². The molecule has 3 heterocycles. The van der Waals surface area contributed by atoms with Gasteiger partial charge >= 0.3 is 0 Å². The molecular weight excluding hydrogens is 453 g/mol. The van der Waals surface area contributed by atoms with Gasteiger partial charge in [0.25, 0.3) is 17.6 Å². The van der Waals surface area contributed by atoms with Crippen LogP contribution >= 0.6 is 0 Å². The van der Waals surface area contributed by atoms with Crippen molar-refractivity contribution in [1.29, 1.82) is 0 Å². The maximum Gasteiger partial charge on any atom is 0.280 e. The maximum atomic E-state index is 14.2. The number of nitrogens with one attached hydrogen (secondary N) is 1. The topological polar surface area (TPSA) is 121 Å². The summed E-state index contributed by atoms with van der Waals surface area (Å²) >= 11 is 0. The first-order chi connectivity index (χ1) is 16.9. The van der Waals surface area contributed by atoms with Gasteiger partial charge in [-0.1, -0.05) is 44.0 Å². The second kappa shape index (κ2) is 10.3. The number of halogens is 1. The van der Waals surface area contributed by atoms with E-state index in [1.165, 1.54) is 4.68 Å². The predicted octanol–water partition coefficient (Wildman–Crippen LogP) is 2.90. The summed E-state index contributed by atoms with van der Waals surface area (Å²) in [5.74, 6) is -3.81. The van der Waals surface area contributed by atoms with Gasteiger partial charge in [-0.15, -0.1) is 0 Å². The molecule has 0 spiro atoms. The molecule has 10 heteroatoms. The van der Waals surface area contributed by atoms with E-state index in [9.17, 15) is 14.0 Å². The molecule has 0 radical (unpaired) electrons. The molecule has 0 saturated carbocycles. The third-order valence-electron chi connectivity index (χ3n) is 5.98. The third-order valence-corrected chi connectivity index (χ3v) is 5.98. The van der Waals surface area contributed by atoms with Crippen LogP contribution in [0.25, 0.3) is 17.1 Å². The molecule has 35 heavy (non-hydrogen) atoms. The van der Waals surface area contributed by atoms with Gasteiger partial charge in [0.15, 0.2) is 5.82 Å². The zero-order valence-corrected chi connectivity index (χ0v) is 19.7. The van der Waals surface area contributed by atoms with E-state index in [1.54, 1.807) is 12.3 Å². The molecule has 1 aliphatic heterocycles. The normalized spacial score (nSPS) is 15.6. The molecule has 4 rings (SSSR count). The number of primary amides is 1. The van der Waals surface area contributed by atoms with Crippen LogP contribution < -0.4 is 11.1 Å². The summed E-state index contributed by atoms with van der Waals surface area (Å²) in [6.07, 6.45) is 4.54. The molecule has 1 unspecified atom stereocenters. The molecule has 3 aromatic rings. The number of benzene rings is 1. The van der Waals surface area contributed by atoms with Crippen LogP contribution in [0.3, 0.4) is 0 Å². The molecule has 1 aliphatic rings. The van der Waals surface area contributed by atoms with E-state index in [0.717, 1.165) is 29.8 Å². The van der Waals surface area contributed by atoms with Gasteiger partial charge in [0.2, 0.25) is 0 Å². The van der Waals surface area contributed by atoms with Gasteiger partial charge in [0.1, 0.15) is 5.82 Å². The predicted molar refractivity (Wildman–Crippen MR) is 126 cm³/mol. The lowest BCUT2D eigenvalue weighted by molar-refractivity contribution is -0.190. The van der Waals surface area contributed by atoms with Crippen molar-refractivity contribution in [3.05, 3.63) is 65.7 Å². The van der Waals surface area contributed by atoms with Crippen LogP contribution in [0.2, 0.25) is 0 Å². The van der Waals surface area contributed by atoms with Gasteiger partial charge in [-0.25, -0.2) is 14.1 Å². The molecule has 2 aromatic heterocycles. The van der Waals surface area contributed by atoms with Crippen LogP contribution in [0.5, 0.6) is 0 Å². The van der Waals surface area contributed by atoms with Gasteiger partial charge in [0.05, 0.1) is 36.7 Å². The van der Waals surface area contributed by atoms with Crippen LogP contribution in [-0.4, -0.2) is 51.6 Å². The number of aryl methyl sites for hydroxylation is 1. The fraction of sp³-hybridized carbons (Fsp3) is 0.360. The van der Waals surface area contributed by atoms with Gasteiger partial charge in [0, 0.05) is 11.8 Å². The van der Waals surface area contributed by atoms with E-state index in [0.29, 0.717) is 18.5 Å². The molecule has 1 saturated heterocycles. The van der Waals surface area contributed by atoms with E-state index in [1.807, 2.05) is 38.1 Å². The number of amides is 2. The zero-order chi connectivity index (χ0) is 25.0. The van der Waals surface area contributed by atoms with E-state index in [2.05, 4.69) is 15.4 Å². The molecule has 2 amide bonds. The number of unbranched alkanes of at least 4 members (excludes halogenated alkanes) is 1. The SMILES string of the molecule is CCCCC(NC(=O)c1cc(F)cnc1-n1ccc(-c2ccccc2C)n1)C1(C(N)=O)OCCO1. The molecule has 9 nitrogen and oxygen atoms in total. The Morgan fingerprint density at radius 3 is 2.69 bits per heavy atom. The number of nitrogens with two attached hydrogens (primary N) is 1. The second-order valence-corrected chi connectivity index (χ2v) is 8.38. The fourth-order valence-electron chi connectivity index (χ4n) is 4.17. The van der Waals surface area contributed by atoms with Crippen molar-refractivity contribution in [2.75, 3.05) is 13.2 Å². The fourth-order valence-corrected chi connectivity index (χ4v) is 4.17. The maximum absolute atomic E-state index is 14.2. The Morgan fingerprint density at radius 2 is 2.00 bits per heavy atom. The lowest BCUT2D eigenvalue weighted by Crippen LogP contribution is -2.60. The Labute approximate surface area is 202 Å². The lowest BCUT2D eigenvalue weighted by atomic mass is 9.99. The number of aromatic nitrogens is 3. The van der Waals surface area contributed by atoms with Crippen molar-refractivity contribution in [3.8, 4) is 17.1 Å². The quantitative estimate of drug-likeness (QED) is 0.485. The monoisotopic (exact) mass is 481 g/mol. The number of hydrogen-bond acceptors (Lipinski definition) is 6. The van der Waals surface area contributed by atoms with Crippen LogP contribution in [0.15, 0.2) is 48.8 Å². The molecule has 1 atom stereocenters. The first-order valence-corrected chi connectivity index (χ1v) is 11.5. The van der Waals surface area contributed by atoms with E-state index in [4.69, 9.17) is 15.2 Å². The molecule has 1 fully saturated rings. The number of pyridine rings is 1. The van der Waals surface area contributed by atoms with Crippen molar-refractivity contribution in [3.63, 3.8) is 0 Å². The smallest absolute Gasteiger partial charge is 0.280 e. The summed E-state index contributed by atoms with van der Waals surface area (Å²) in [5.41, 5.74) is 8.20. The molecule has 184 valence electrons. The minimum absolute atomic E-state index is 0.0523. The first-order valence-electron chi connectivity index (χ1n) is 11.5. The Hall–Kier alpha value is -3.63. The Bertz CT molecular complexity index is 1220. The summed E-state index contributed by atoms with van der Waals surface area (Å²) in [4.78, 5) is 29.8. The minimum atomic E-state index is -1.78. The second-order valence-electron chi connectivity index (χ2n) is 8.38. The van der Waals surface area contributed by atoms with E-state index < -0.39 is 29.5 Å². The average Bonchev–Trinajstić information content (AvgIpc) is 3.53. The molecular formula is C25H28FN5O4. The largest absolute Gasteiger partial charge is 0.365 e. The molecule has 0 bridgehead atoms. The van der Waals surface area contributed by atoms with Crippen molar-refractivity contribution in [1.82, 2.24) is 20.1 Å². The molecule has 0 aliphatic carbocycles. The van der Waals surface area contributed by atoms with Gasteiger partial charge in [-0.05, 0) is 31.0 Å². The molecule has 3 N–H and O–H groups in total. The first kappa shape index (κ1) is 24.5. The minimum Gasteiger partial charge on any atom is -0.365 e. The highest BCUT2D eigenvalue weighted by molar-refractivity contribution is 5.98. The number of nitrogens with zero attached hydrogens (tertiary/aromatic N) is 3. The van der Waals surface area contributed by atoms with Crippen molar-refractivity contribution in [2.45, 2.75) is 44.9 Å². The zero-order valence-electron chi connectivity index (χ0n) is 19.7. The number of hydrogen-bond donors (Lipinski definition) is 2. The Morgan fingerprint density at radius 1 is 1.26 bits per heavy atom. The highest BCUT2D eigenvalue weighted by Crippen LogP contribution is 2.28. The van der Waals surface area contributed by atoms with E-state index in [-0.39, 0.29) is 24.6 Å². The summed E-state index contributed by atoms with van der Waals surface area (Å²) in [5, 5.41) is 7.34. The summed E-state index contributed by atoms with van der Waals surface area (Å²) in [6.45, 7) is 4.29. The Balaban J connectivity index is 1.67. The van der Waals surface area contributed by atoms with Gasteiger partial charge < -0.3 is 20.5 Å². The lowest BCUT2D eigenvalue weighted by Gasteiger charge is -2.33. The molecule has 1 aromatic carbocycles. The van der Waals surface area contributed by atoms with Crippen molar-refractivity contribution in [2.24, 2.45) is 5.73 Å². The van der Waals surface area contributed by atoms with E-state index >= 15 is 0 Å². The van der Waals surface area contributed by atoms with Crippen LogP contribution in [0.4, 0.5) is 4.39 Å². The standard InChI is InChI=1S/C25H28FN5O4/c1-3-4-9-21(25(24(27)33)34-12-13-35-25)29-23(32)19-14-17(26)15-28-22(19)31-11-10-20(30-31)18-8-6-5-7-16(18)2/h5-8,10-11,14-15,21H,3-4,9,12-13H2,1-2H3,(H2,27,33)(H,29,32).